The van der Waals surface area contributed by atoms with E-state index in [1.54, 1.807) is 11.3 Å². The van der Waals surface area contributed by atoms with Gasteiger partial charge in [0, 0.05) is 22.8 Å². The number of aliphatic hydroxyl groups excluding tert-OH is 1. The summed E-state index contributed by atoms with van der Waals surface area (Å²) in [5.74, 6) is 0.00972. The highest BCUT2D eigenvalue weighted by Crippen LogP contribution is 2.16. The highest BCUT2D eigenvalue weighted by molar-refractivity contribution is 7.11. The highest BCUT2D eigenvalue weighted by Gasteiger charge is 2.02. The number of aliphatic hydroxyl groups is 1. The van der Waals surface area contributed by atoms with E-state index in [1.165, 1.54) is 9.75 Å². The van der Waals surface area contributed by atoms with Crippen LogP contribution in [0.2, 0.25) is 0 Å². The molecule has 0 aliphatic heterocycles. The summed E-state index contributed by atoms with van der Waals surface area (Å²) in [5.41, 5.74) is 0. The minimum Gasteiger partial charge on any atom is -0.396 e. The van der Waals surface area contributed by atoms with Gasteiger partial charge in [-0.25, -0.2) is 0 Å². The third-order valence-corrected chi connectivity index (χ3v) is 3.32. The summed E-state index contributed by atoms with van der Waals surface area (Å²) in [6, 6.07) is 4.15. The average Bonchev–Trinajstić information content (AvgIpc) is 2.71. The van der Waals surface area contributed by atoms with Crippen LogP contribution in [0.15, 0.2) is 12.1 Å². The van der Waals surface area contributed by atoms with E-state index in [9.17, 15) is 4.79 Å². The molecule has 1 rings (SSSR count). The molecule has 0 saturated carbocycles. The zero-order valence-electron chi connectivity index (χ0n) is 8.95. The van der Waals surface area contributed by atoms with Crippen molar-refractivity contribution >= 4 is 17.2 Å². The summed E-state index contributed by atoms with van der Waals surface area (Å²) in [5, 5.41) is 11.4. The van der Waals surface area contributed by atoms with Crippen LogP contribution < -0.4 is 5.32 Å². The summed E-state index contributed by atoms with van der Waals surface area (Å²) in [6.07, 6.45) is 1.99. The van der Waals surface area contributed by atoms with Gasteiger partial charge in [0.15, 0.2) is 0 Å². The quantitative estimate of drug-likeness (QED) is 0.777. The highest BCUT2D eigenvalue weighted by atomic mass is 32.1. The van der Waals surface area contributed by atoms with Crippen LogP contribution in [-0.2, 0) is 17.8 Å². The normalized spacial score (nSPS) is 10.3. The number of amides is 1. The predicted octanol–water partition coefficient (Wildman–Crippen LogP) is 1.70. The summed E-state index contributed by atoms with van der Waals surface area (Å²) in [7, 11) is 0. The van der Waals surface area contributed by atoms with E-state index in [2.05, 4.69) is 24.4 Å². The maximum Gasteiger partial charge on any atom is 0.220 e. The van der Waals surface area contributed by atoms with Crippen LogP contribution in [0.4, 0.5) is 0 Å². The SMILES string of the molecule is CCc1ccc(CNC(=O)CCCO)s1. The largest absolute Gasteiger partial charge is 0.396 e. The van der Waals surface area contributed by atoms with Gasteiger partial charge in [-0.2, -0.15) is 0 Å². The van der Waals surface area contributed by atoms with Gasteiger partial charge in [0.1, 0.15) is 0 Å². The molecule has 0 bridgehead atoms. The van der Waals surface area contributed by atoms with Crippen molar-refractivity contribution in [1.29, 1.82) is 0 Å². The average molecular weight is 227 g/mol. The first-order valence-corrected chi connectivity index (χ1v) is 6.03. The molecule has 0 unspecified atom stereocenters. The van der Waals surface area contributed by atoms with E-state index in [-0.39, 0.29) is 12.5 Å². The third kappa shape index (κ3) is 4.44. The van der Waals surface area contributed by atoms with E-state index in [0.717, 1.165) is 6.42 Å². The molecule has 0 spiro atoms. The van der Waals surface area contributed by atoms with Crippen molar-refractivity contribution in [1.82, 2.24) is 5.32 Å². The van der Waals surface area contributed by atoms with Gasteiger partial charge in [0.25, 0.3) is 0 Å². The van der Waals surface area contributed by atoms with Crippen LogP contribution >= 0.6 is 11.3 Å². The second-order valence-corrected chi connectivity index (χ2v) is 4.58. The number of rotatable bonds is 6. The number of nitrogens with one attached hydrogen (secondary N) is 1. The molecule has 84 valence electrons. The Labute approximate surface area is 94.1 Å². The Morgan fingerprint density at radius 3 is 2.80 bits per heavy atom. The molecular formula is C11H17NO2S. The molecule has 0 aromatic carbocycles. The lowest BCUT2D eigenvalue weighted by atomic mass is 10.3. The topological polar surface area (TPSA) is 49.3 Å². The number of hydrogen-bond donors (Lipinski definition) is 2. The number of hydrogen-bond acceptors (Lipinski definition) is 3. The Morgan fingerprint density at radius 1 is 1.47 bits per heavy atom. The molecule has 4 heteroatoms. The summed E-state index contributed by atoms with van der Waals surface area (Å²) in [6.45, 7) is 2.80. The number of carbonyl (C=O) groups is 1. The molecule has 1 aromatic rings. The standard InChI is InChI=1S/C11H17NO2S/c1-2-9-5-6-10(15-9)8-12-11(14)4-3-7-13/h5-6,13H,2-4,7-8H2,1H3,(H,12,14). The minimum atomic E-state index is 0.00972. The summed E-state index contributed by atoms with van der Waals surface area (Å²) >= 11 is 1.73. The van der Waals surface area contributed by atoms with Crippen molar-refractivity contribution in [2.24, 2.45) is 0 Å². The lowest BCUT2D eigenvalue weighted by molar-refractivity contribution is -0.121. The fourth-order valence-electron chi connectivity index (χ4n) is 1.22. The molecule has 0 atom stereocenters. The fourth-order valence-corrected chi connectivity index (χ4v) is 2.12. The molecule has 1 amide bonds. The van der Waals surface area contributed by atoms with Gasteiger partial charge in [0.2, 0.25) is 5.91 Å². The van der Waals surface area contributed by atoms with Gasteiger partial charge < -0.3 is 10.4 Å². The number of thiophene rings is 1. The van der Waals surface area contributed by atoms with Gasteiger partial charge in [0.05, 0.1) is 6.54 Å². The summed E-state index contributed by atoms with van der Waals surface area (Å²) < 4.78 is 0. The van der Waals surface area contributed by atoms with Gasteiger partial charge in [-0.1, -0.05) is 6.92 Å². The summed E-state index contributed by atoms with van der Waals surface area (Å²) in [4.78, 5) is 13.8. The van der Waals surface area contributed by atoms with Crippen molar-refractivity contribution in [3.05, 3.63) is 21.9 Å². The molecular weight excluding hydrogens is 210 g/mol. The van der Waals surface area contributed by atoms with Crippen molar-refractivity contribution in [2.45, 2.75) is 32.7 Å². The molecule has 0 saturated heterocycles. The van der Waals surface area contributed by atoms with Crippen molar-refractivity contribution in [3.63, 3.8) is 0 Å². The molecule has 0 radical (unpaired) electrons. The lowest BCUT2D eigenvalue weighted by Crippen LogP contribution is -2.22. The van der Waals surface area contributed by atoms with Crippen LogP contribution in [0.1, 0.15) is 29.5 Å². The van der Waals surface area contributed by atoms with Gasteiger partial charge >= 0.3 is 0 Å². The fraction of sp³-hybridized carbons (Fsp3) is 0.545. The van der Waals surface area contributed by atoms with Crippen LogP contribution in [0.5, 0.6) is 0 Å². The van der Waals surface area contributed by atoms with E-state index >= 15 is 0 Å². The number of carbonyl (C=O) groups excluding carboxylic acids is 1. The Hall–Kier alpha value is -0.870. The Balaban J connectivity index is 2.27. The zero-order valence-corrected chi connectivity index (χ0v) is 9.77. The third-order valence-electron chi connectivity index (χ3n) is 2.09. The van der Waals surface area contributed by atoms with Crippen molar-refractivity contribution < 1.29 is 9.90 Å². The number of aryl methyl sites for hydroxylation is 1. The maximum absolute atomic E-state index is 11.2. The smallest absolute Gasteiger partial charge is 0.220 e. The Morgan fingerprint density at radius 2 is 2.20 bits per heavy atom. The lowest BCUT2D eigenvalue weighted by Gasteiger charge is -2.01. The molecule has 0 aliphatic rings. The first-order valence-electron chi connectivity index (χ1n) is 5.21. The molecule has 3 nitrogen and oxygen atoms in total. The molecule has 15 heavy (non-hydrogen) atoms. The van der Waals surface area contributed by atoms with Gasteiger partial charge in [-0.15, -0.1) is 11.3 Å². The monoisotopic (exact) mass is 227 g/mol. The second-order valence-electron chi connectivity index (χ2n) is 3.33. The Bertz CT molecular complexity index is 309. The Kier molecular flexibility index (Phi) is 5.36. The molecule has 1 heterocycles. The molecule has 0 fully saturated rings. The van der Waals surface area contributed by atoms with Crippen LogP contribution in [0.3, 0.4) is 0 Å². The molecule has 0 aliphatic carbocycles. The first kappa shape index (κ1) is 12.2. The van der Waals surface area contributed by atoms with Crippen molar-refractivity contribution in [3.8, 4) is 0 Å². The zero-order chi connectivity index (χ0) is 11.1. The van der Waals surface area contributed by atoms with E-state index in [0.29, 0.717) is 19.4 Å². The first-order chi connectivity index (χ1) is 7.26. The van der Waals surface area contributed by atoms with E-state index in [4.69, 9.17) is 5.11 Å². The minimum absolute atomic E-state index is 0.00972. The predicted molar refractivity (Wildman–Crippen MR) is 61.9 cm³/mol. The van der Waals surface area contributed by atoms with Gasteiger partial charge in [-0.05, 0) is 25.0 Å². The van der Waals surface area contributed by atoms with Crippen LogP contribution in [0, 0.1) is 0 Å². The second kappa shape index (κ2) is 6.58. The van der Waals surface area contributed by atoms with E-state index < -0.39 is 0 Å². The molecule has 1 aromatic heterocycles. The molecule has 2 N–H and O–H groups in total. The maximum atomic E-state index is 11.2. The van der Waals surface area contributed by atoms with Crippen LogP contribution in [0.25, 0.3) is 0 Å². The van der Waals surface area contributed by atoms with Crippen LogP contribution in [-0.4, -0.2) is 17.6 Å². The van der Waals surface area contributed by atoms with Gasteiger partial charge in [-0.3, -0.25) is 4.79 Å². The van der Waals surface area contributed by atoms with Crippen molar-refractivity contribution in [2.75, 3.05) is 6.61 Å². The van der Waals surface area contributed by atoms with E-state index in [1.807, 2.05) is 0 Å².